The summed E-state index contributed by atoms with van der Waals surface area (Å²) >= 11 is 0. The number of rotatable bonds is 5. The Morgan fingerprint density at radius 2 is 1.71 bits per heavy atom. The molecule has 0 saturated carbocycles. The van der Waals surface area contributed by atoms with Crippen LogP contribution < -0.4 is 10.1 Å². The van der Waals surface area contributed by atoms with Crippen molar-refractivity contribution in [2.24, 2.45) is 0 Å². The number of benzene rings is 3. The highest BCUT2D eigenvalue weighted by atomic mass is 16.6. The van der Waals surface area contributed by atoms with Crippen LogP contribution in [0.15, 0.2) is 73.1 Å². The second-order valence-corrected chi connectivity index (χ2v) is 6.15. The van der Waals surface area contributed by atoms with Crippen LogP contribution in [0.5, 0.6) is 11.6 Å². The standard InChI is InChI=1S/C21H16N4O3/c1-14-7-2-5-11-17(14)24-20-19(25(26)27)21(23-13-22-20)28-18-12-6-9-15-8-3-4-10-16(15)18/h2-13H,1H3,(H,22,23,24). The molecule has 0 fully saturated rings. The molecule has 4 rings (SSSR count). The number of hydrogen-bond acceptors (Lipinski definition) is 6. The lowest BCUT2D eigenvalue weighted by atomic mass is 10.1. The van der Waals surface area contributed by atoms with Gasteiger partial charge < -0.3 is 10.1 Å². The number of aromatic nitrogens is 2. The average Bonchev–Trinajstić information content (AvgIpc) is 2.70. The average molecular weight is 372 g/mol. The maximum atomic E-state index is 11.8. The second kappa shape index (κ2) is 7.32. The summed E-state index contributed by atoms with van der Waals surface area (Å²) in [6.07, 6.45) is 1.24. The highest BCUT2D eigenvalue weighted by Crippen LogP contribution is 2.37. The summed E-state index contributed by atoms with van der Waals surface area (Å²) in [5, 5.41) is 16.6. The van der Waals surface area contributed by atoms with Crippen LogP contribution in [0.3, 0.4) is 0 Å². The normalized spacial score (nSPS) is 10.6. The number of nitro groups is 1. The van der Waals surface area contributed by atoms with Gasteiger partial charge in [0.1, 0.15) is 12.1 Å². The first-order chi connectivity index (χ1) is 13.6. The van der Waals surface area contributed by atoms with Crippen molar-refractivity contribution in [3.8, 4) is 11.6 Å². The largest absolute Gasteiger partial charge is 0.433 e. The van der Waals surface area contributed by atoms with Crippen molar-refractivity contribution in [3.05, 3.63) is 88.7 Å². The van der Waals surface area contributed by atoms with E-state index in [1.165, 1.54) is 6.33 Å². The maximum absolute atomic E-state index is 11.8. The molecular weight excluding hydrogens is 356 g/mol. The van der Waals surface area contributed by atoms with Crippen LogP contribution in [-0.4, -0.2) is 14.9 Å². The Kier molecular flexibility index (Phi) is 4.55. The highest BCUT2D eigenvalue weighted by Gasteiger charge is 2.26. The van der Waals surface area contributed by atoms with Crippen molar-refractivity contribution in [3.63, 3.8) is 0 Å². The lowest BCUT2D eigenvalue weighted by Crippen LogP contribution is -2.04. The van der Waals surface area contributed by atoms with Gasteiger partial charge in [0.25, 0.3) is 0 Å². The first kappa shape index (κ1) is 17.4. The Bertz CT molecular complexity index is 1170. The molecule has 0 bridgehead atoms. The van der Waals surface area contributed by atoms with Crippen molar-refractivity contribution in [1.82, 2.24) is 9.97 Å². The molecule has 0 unspecified atom stereocenters. The summed E-state index contributed by atoms with van der Waals surface area (Å²) in [5.74, 6) is 0.443. The van der Waals surface area contributed by atoms with Crippen molar-refractivity contribution in [2.75, 3.05) is 5.32 Å². The van der Waals surface area contributed by atoms with Gasteiger partial charge in [0.2, 0.25) is 5.82 Å². The van der Waals surface area contributed by atoms with Crippen LogP contribution in [0.25, 0.3) is 10.8 Å². The zero-order valence-corrected chi connectivity index (χ0v) is 15.0. The zero-order chi connectivity index (χ0) is 19.5. The molecule has 138 valence electrons. The fraction of sp³-hybridized carbons (Fsp3) is 0.0476. The molecule has 28 heavy (non-hydrogen) atoms. The van der Waals surface area contributed by atoms with E-state index < -0.39 is 4.92 Å². The smallest absolute Gasteiger partial charge is 0.373 e. The Morgan fingerprint density at radius 3 is 2.54 bits per heavy atom. The van der Waals surface area contributed by atoms with E-state index in [1.807, 2.05) is 67.6 Å². The number of aryl methyl sites for hydroxylation is 1. The van der Waals surface area contributed by atoms with Crippen molar-refractivity contribution >= 4 is 28.0 Å². The van der Waals surface area contributed by atoms with Gasteiger partial charge in [-0.3, -0.25) is 10.1 Å². The molecule has 0 aliphatic carbocycles. The fourth-order valence-corrected chi connectivity index (χ4v) is 2.92. The molecule has 0 amide bonds. The molecule has 7 heteroatoms. The van der Waals surface area contributed by atoms with Crippen LogP contribution in [-0.2, 0) is 0 Å². The Labute approximate surface area is 160 Å². The highest BCUT2D eigenvalue weighted by molar-refractivity contribution is 5.88. The van der Waals surface area contributed by atoms with E-state index in [-0.39, 0.29) is 17.4 Å². The van der Waals surface area contributed by atoms with Gasteiger partial charge >= 0.3 is 11.6 Å². The van der Waals surface area contributed by atoms with E-state index >= 15 is 0 Å². The van der Waals surface area contributed by atoms with Gasteiger partial charge in [-0.2, -0.15) is 4.98 Å². The van der Waals surface area contributed by atoms with Crippen LogP contribution >= 0.6 is 0 Å². The zero-order valence-electron chi connectivity index (χ0n) is 15.0. The third kappa shape index (κ3) is 3.33. The molecule has 1 heterocycles. The fourth-order valence-electron chi connectivity index (χ4n) is 2.92. The molecule has 0 saturated heterocycles. The minimum Gasteiger partial charge on any atom is -0.433 e. The van der Waals surface area contributed by atoms with Gasteiger partial charge in [0, 0.05) is 11.1 Å². The number of nitrogens with zero attached hydrogens (tertiary/aromatic N) is 3. The first-order valence-corrected chi connectivity index (χ1v) is 8.61. The predicted octanol–water partition coefficient (Wildman–Crippen LogP) is 5.38. The van der Waals surface area contributed by atoms with Gasteiger partial charge in [-0.05, 0) is 30.0 Å². The van der Waals surface area contributed by atoms with Gasteiger partial charge in [-0.25, -0.2) is 4.98 Å². The molecule has 1 aromatic heterocycles. The van der Waals surface area contributed by atoms with Crippen molar-refractivity contribution in [1.29, 1.82) is 0 Å². The molecule has 0 radical (unpaired) electrons. The summed E-state index contributed by atoms with van der Waals surface area (Å²) < 4.78 is 5.86. The van der Waals surface area contributed by atoms with Crippen LogP contribution in [0.2, 0.25) is 0 Å². The summed E-state index contributed by atoms with van der Waals surface area (Å²) in [6, 6.07) is 20.6. The van der Waals surface area contributed by atoms with E-state index in [0.717, 1.165) is 22.0 Å². The van der Waals surface area contributed by atoms with E-state index in [4.69, 9.17) is 4.74 Å². The monoisotopic (exact) mass is 372 g/mol. The van der Waals surface area contributed by atoms with Gasteiger partial charge in [-0.1, -0.05) is 54.6 Å². The van der Waals surface area contributed by atoms with E-state index in [9.17, 15) is 10.1 Å². The molecule has 1 N–H and O–H groups in total. The molecule has 0 atom stereocenters. The van der Waals surface area contributed by atoms with Crippen LogP contribution in [0, 0.1) is 17.0 Å². The minimum atomic E-state index is -0.541. The summed E-state index contributed by atoms with van der Waals surface area (Å²) in [6.45, 7) is 1.91. The van der Waals surface area contributed by atoms with Crippen molar-refractivity contribution < 1.29 is 9.66 Å². The quantitative estimate of drug-likeness (QED) is 0.373. The number of para-hydroxylation sites is 1. The van der Waals surface area contributed by atoms with E-state index in [1.54, 1.807) is 6.07 Å². The first-order valence-electron chi connectivity index (χ1n) is 8.61. The summed E-state index contributed by atoms with van der Waals surface area (Å²) in [5.41, 5.74) is 1.34. The van der Waals surface area contributed by atoms with Gasteiger partial charge in [-0.15, -0.1) is 0 Å². The predicted molar refractivity (Wildman–Crippen MR) is 107 cm³/mol. The second-order valence-electron chi connectivity index (χ2n) is 6.15. The maximum Gasteiger partial charge on any atom is 0.373 e. The Hall–Kier alpha value is -4.00. The number of hydrogen-bond donors (Lipinski definition) is 1. The topological polar surface area (TPSA) is 90.2 Å². The molecule has 0 aliphatic heterocycles. The Balaban J connectivity index is 1.77. The lowest BCUT2D eigenvalue weighted by molar-refractivity contribution is -0.385. The molecule has 3 aromatic carbocycles. The van der Waals surface area contributed by atoms with Crippen LogP contribution in [0.1, 0.15) is 5.56 Å². The minimum absolute atomic E-state index is 0.0736. The van der Waals surface area contributed by atoms with Crippen LogP contribution in [0.4, 0.5) is 17.2 Å². The lowest BCUT2D eigenvalue weighted by Gasteiger charge is -2.12. The van der Waals surface area contributed by atoms with Gasteiger partial charge in [0.05, 0.1) is 4.92 Å². The number of nitrogens with one attached hydrogen (secondary N) is 1. The number of fused-ring (bicyclic) bond motifs is 1. The third-order valence-corrected chi connectivity index (χ3v) is 4.33. The van der Waals surface area contributed by atoms with Gasteiger partial charge in [0.15, 0.2) is 0 Å². The third-order valence-electron chi connectivity index (χ3n) is 4.33. The molecule has 0 aliphatic rings. The molecule has 7 nitrogen and oxygen atoms in total. The summed E-state index contributed by atoms with van der Waals surface area (Å²) in [7, 11) is 0. The van der Waals surface area contributed by atoms with Crippen molar-refractivity contribution in [2.45, 2.75) is 6.92 Å². The molecule has 0 spiro atoms. The number of ether oxygens (including phenoxy) is 1. The number of anilines is 2. The van der Waals surface area contributed by atoms with E-state index in [0.29, 0.717) is 5.75 Å². The summed E-state index contributed by atoms with van der Waals surface area (Å²) in [4.78, 5) is 19.3. The SMILES string of the molecule is Cc1ccccc1Nc1ncnc(Oc2cccc3ccccc23)c1[N+](=O)[O-]. The molecular formula is C21H16N4O3. The van der Waals surface area contributed by atoms with E-state index in [2.05, 4.69) is 15.3 Å². The molecule has 4 aromatic rings. The Morgan fingerprint density at radius 1 is 0.964 bits per heavy atom.